The topological polar surface area (TPSA) is 68.7 Å². The minimum absolute atomic E-state index is 0.341. The van der Waals surface area contributed by atoms with Gasteiger partial charge in [-0.15, -0.1) is 0 Å². The van der Waals surface area contributed by atoms with Gasteiger partial charge in [-0.3, -0.25) is 9.69 Å². The lowest BCUT2D eigenvalue weighted by Crippen LogP contribution is -2.43. The maximum Gasteiger partial charge on any atom is 0.234 e. The van der Waals surface area contributed by atoms with Crippen LogP contribution in [0.1, 0.15) is 23.8 Å². The summed E-state index contributed by atoms with van der Waals surface area (Å²) in [7, 11) is 0. The lowest BCUT2D eigenvalue weighted by Gasteiger charge is -2.26. The van der Waals surface area contributed by atoms with Gasteiger partial charge in [-0.05, 0) is 48.7 Å². The van der Waals surface area contributed by atoms with E-state index >= 15 is 0 Å². The largest absolute Gasteiger partial charge is 0.489 e. The van der Waals surface area contributed by atoms with E-state index < -0.39 is 0 Å². The Kier molecular flexibility index (Phi) is 6.87. The van der Waals surface area contributed by atoms with Crippen LogP contribution in [0, 0.1) is 0 Å². The highest BCUT2D eigenvalue weighted by molar-refractivity contribution is 5.79. The molecule has 0 aliphatic carbocycles. The van der Waals surface area contributed by atoms with Crippen molar-refractivity contribution >= 4 is 5.91 Å². The number of furan rings is 1. The maximum atomic E-state index is 11.7. The number of primary amides is 1. The fourth-order valence-corrected chi connectivity index (χ4v) is 3.00. The first kappa shape index (κ1) is 19.7. The number of benzene rings is 2. The molecule has 0 aliphatic heterocycles. The van der Waals surface area contributed by atoms with Crippen LogP contribution >= 0.6 is 0 Å². The molecule has 0 saturated carbocycles. The molecule has 2 aromatic carbocycles. The zero-order valence-corrected chi connectivity index (χ0v) is 16.1. The predicted molar refractivity (Wildman–Crippen MR) is 109 cm³/mol. The molecule has 5 heteroatoms. The van der Waals surface area contributed by atoms with Crippen LogP contribution in [0.5, 0.6) is 5.75 Å². The summed E-state index contributed by atoms with van der Waals surface area (Å²) in [6.45, 7) is 3.59. The highest BCUT2D eigenvalue weighted by atomic mass is 16.5. The molecular weight excluding hydrogens is 352 g/mol. The summed E-state index contributed by atoms with van der Waals surface area (Å²) in [5.41, 5.74) is 7.80. The highest BCUT2D eigenvalue weighted by Crippen LogP contribution is 2.17. The number of ether oxygens (including phenoxy) is 1. The highest BCUT2D eigenvalue weighted by Gasteiger charge is 2.20. The van der Waals surface area contributed by atoms with E-state index in [-0.39, 0.29) is 11.9 Å². The molecule has 0 radical (unpaired) electrons. The quantitative estimate of drug-likeness (QED) is 0.583. The van der Waals surface area contributed by atoms with Crippen molar-refractivity contribution in [1.82, 2.24) is 4.90 Å². The molecule has 0 saturated heterocycles. The van der Waals surface area contributed by atoms with E-state index in [9.17, 15) is 4.79 Å². The van der Waals surface area contributed by atoms with Gasteiger partial charge in [0.2, 0.25) is 5.91 Å². The standard InChI is InChI=1S/C23H26N2O3/c1-18(23(24)26)25(16-22-11-6-14-27-22)13-12-19-9-5-10-21(15-19)28-17-20-7-3-2-4-8-20/h2-11,14-15,18H,12-13,16-17H2,1H3,(H2,24,26). The maximum absolute atomic E-state index is 11.7. The van der Waals surface area contributed by atoms with Crippen molar-refractivity contribution in [3.8, 4) is 5.75 Å². The van der Waals surface area contributed by atoms with Crippen molar-refractivity contribution < 1.29 is 13.9 Å². The van der Waals surface area contributed by atoms with Crippen molar-refractivity contribution in [2.75, 3.05) is 6.54 Å². The van der Waals surface area contributed by atoms with Crippen LogP contribution in [0.3, 0.4) is 0 Å². The molecule has 2 N–H and O–H groups in total. The Balaban J connectivity index is 1.60. The van der Waals surface area contributed by atoms with Crippen LogP contribution in [0.25, 0.3) is 0 Å². The fraction of sp³-hybridized carbons (Fsp3) is 0.261. The first-order valence-electron chi connectivity index (χ1n) is 9.43. The Morgan fingerprint density at radius 3 is 2.57 bits per heavy atom. The average molecular weight is 378 g/mol. The molecule has 1 aromatic heterocycles. The first-order valence-corrected chi connectivity index (χ1v) is 9.43. The molecule has 28 heavy (non-hydrogen) atoms. The van der Waals surface area contributed by atoms with Crippen molar-refractivity contribution in [3.05, 3.63) is 89.9 Å². The van der Waals surface area contributed by atoms with Crippen LogP contribution < -0.4 is 10.5 Å². The van der Waals surface area contributed by atoms with E-state index in [0.717, 1.165) is 29.1 Å². The molecule has 5 nitrogen and oxygen atoms in total. The van der Waals surface area contributed by atoms with Gasteiger partial charge in [-0.1, -0.05) is 42.5 Å². The van der Waals surface area contributed by atoms with Gasteiger partial charge in [-0.25, -0.2) is 0 Å². The molecule has 0 bridgehead atoms. The average Bonchev–Trinajstić information content (AvgIpc) is 3.23. The molecule has 3 aromatic rings. The van der Waals surface area contributed by atoms with Gasteiger partial charge >= 0.3 is 0 Å². The third kappa shape index (κ3) is 5.72. The molecule has 0 aliphatic rings. The summed E-state index contributed by atoms with van der Waals surface area (Å²) in [5, 5.41) is 0. The number of carbonyl (C=O) groups excluding carboxylic acids is 1. The Hall–Kier alpha value is -3.05. The van der Waals surface area contributed by atoms with Gasteiger partial charge in [0.25, 0.3) is 0 Å². The molecule has 3 rings (SSSR count). The van der Waals surface area contributed by atoms with Gasteiger partial charge in [0, 0.05) is 6.54 Å². The number of amides is 1. The number of hydrogen-bond donors (Lipinski definition) is 1. The molecule has 1 amide bonds. The molecule has 1 heterocycles. The van der Waals surface area contributed by atoms with Crippen molar-refractivity contribution in [2.24, 2.45) is 5.73 Å². The summed E-state index contributed by atoms with van der Waals surface area (Å²) >= 11 is 0. The lowest BCUT2D eigenvalue weighted by molar-refractivity contribution is -0.122. The zero-order chi connectivity index (χ0) is 19.8. The van der Waals surface area contributed by atoms with Gasteiger partial charge in [0.1, 0.15) is 18.1 Å². The lowest BCUT2D eigenvalue weighted by atomic mass is 10.1. The number of nitrogens with zero attached hydrogens (tertiary/aromatic N) is 1. The normalized spacial score (nSPS) is 12.1. The van der Waals surface area contributed by atoms with Crippen LogP contribution in [-0.4, -0.2) is 23.4 Å². The Morgan fingerprint density at radius 1 is 1.07 bits per heavy atom. The molecule has 1 unspecified atom stereocenters. The van der Waals surface area contributed by atoms with Crippen LogP contribution in [0.15, 0.2) is 77.4 Å². The Bertz CT molecular complexity index is 863. The van der Waals surface area contributed by atoms with Crippen molar-refractivity contribution in [1.29, 1.82) is 0 Å². The summed E-state index contributed by atoms with van der Waals surface area (Å²) in [6.07, 6.45) is 2.41. The summed E-state index contributed by atoms with van der Waals surface area (Å²) < 4.78 is 11.3. The second-order valence-corrected chi connectivity index (χ2v) is 6.80. The second-order valence-electron chi connectivity index (χ2n) is 6.80. The molecule has 0 spiro atoms. The summed E-state index contributed by atoms with van der Waals surface area (Å²) in [6, 6.07) is 21.5. The zero-order valence-electron chi connectivity index (χ0n) is 16.1. The fourth-order valence-electron chi connectivity index (χ4n) is 3.00. The SMILES string of the molecule is CC(C(N)=O)N(CCc1cccc(OCc2ccccc2)c1)Cc1ccco1. The van der Waals surface area contributed by atoms with Gasteiger partial charge < -0.3 is 14.9 Å². The Labute approximate surface area is 165 Å². The Morgan fingerprint density at radius 2 is 1.86 bits per heavy atom. The smallest absolute Gasteiger partial charge is 0.234 e. The van der Waals surface area contributed by atoms with Crippen LogP contribution in [-0.2, 0) is 24.4 Å². The number of rotatable bonds is 10. The van der Waals surface area contributed by atoms with Gasteiger partial charge in [-0.2, -0.15) is 0 Å². The van der Waals surface area contributed by atoms with E-state index in [4.69, 9.17) is 14.9 Å². The van der Waals surface area contributed by atoms with E-state index in [1.54, 1.807) is 6.26 Å². The molecule has 146 valence electrons. The van der Waals surface area contributed by atoms with Gasteiger partial charge in [0.05, 0.1) is 18.8 Å². The molecule has 1 atom stereocenters. The van der Waals surface area contributed by atoms with E-state index in [1.165, 1.54) is 0 Å². The van der Waals surface area contributed by atoms with Crippen molar-refractivity contribution in [3.63, 3.8) is 0 Å². The number of hydrogen-bond acceptors (Lipinski definition) is 4. The van der Waals surface area contributed by atoms with Crippen LogP contribution in [0.2, 0.25) is 0 Å². The van der Waals surface area contributed by atoms with Crippen LogP contribution in [0.4, 0.5) is 0 Å². The minimum Gasteiger partial charge on any atom is -0.489 e. The predicted octanol–water partition coefficient (Wildman–Crippen LogP) is 3.78. The van der Waals surface area contributed by atoms with Gasteiger partial charge in [0.15, 0.2) is 0 Å². The monoisotopic (exact) mass is 378 g/mol. The minimum atomic E-state index is -0.373. The number of carbonyl (C=O) groups is 1. The van der Waals surface area contributed by atoms with E-state index in [2.05, 4.69) is 6.07 Å². The van der Waals surface area contributed by atoms with Crippen molar-refractivity contribution in [2.45, 2.75) is 32.5 Å². The van der Waals surface area contributed by atoms with E-state index in [1.807, 2.05) is 72.5 Å². The summed E-state index contributed by atoms with van der Waals surface area (Å²) in [4.78, 5) is 13.7. The summed E-state index contributed by atoms with van der Waals surface area (Å²) in [5.74, 6) is 1.31. The first-order chi connectivity index (χ1) is 13.6. The third-order valence-corrected chi connectivity index (χ3v) is 4.73. The molecule has 0 fully saturated rings. The van der Waals surface area contributed by atoms with E-state index in [0.29, 0.717) is 19.7 Å². The second kappa shape index (κ2) is 9.76. The number of nitrogens with two attached hydrogens (primary N) is 1. The molecular formula is C23H26N2O3. The third-order valence-electron chi connectivity index (χ3n) is 4.73.